The molecule has 1 aliphatic rings. The molecule has 0 radical (unpaired) electrons. The third-order valence-electron chi connectivity index (χ3n) is 5.38. The zero-order valence-corrected chi connectivity index (χ0v) is 21.7. The number of methoxy groups -OCH3 is 1. The average molecular weight is 548 g/mol. The predicted molar refractivity (Wildman–Crippen MR) is 139 cm³/mol. The summed E-state index contributed by atoms with van der Waals surface area (Å²) in [7, 11) is -2.46. The Morgan fingerprint density at radius 2 is 1.80 bits per heavy atom. The maximum absolute atomic E-state index is 13.0. The topological polar surface area (TPSA) is 89.5 Å². The summed E-state index contributed by atoms with van der Waals surface area (Å²) in [5.41, 5.74) is 2.73. The van der Waals surface area contributed by atoms with Crippen LogP contribution < -0.4 is 5.32 Å². The van der Waals surface area contributed by atoms with Crippen LogP contribution >= 0.6 is 35.0 Å². The summed E-state index contributed by atoms with van der Waals surface area (Å²) in [5.74, 6) is -1.16. The number of halogens is 2. The molecule has 1 amide bonds. The van der Waals surface area contributed by atoms with Crippen LogP contribution in [0.1, 0.15) is 27.0 Å². The number of aryl methyl sites for hydroxylation is 1. The van der Waals surface area contributed by atoms with Crippen LogP contribution in [0.3, 0.4) is 0 Å². The number of amides is 1. The molecule has 1 aliphatic heterocycles. The second-order valence-electron chi connectivity index (χ2n) is 7.74. The van der Waals surface area contributed by atoms with Crippen molar-refractivity contribution in [3.8, 4) is 0 Å². The number of benzene rings is 3. The number of carbonyl (C=O) groups is 2. The van der Waals surface area contributed by atoms with Gasteiger partial charge in [-0.3, -0.25) is 4.79 Å². The van der Waals surface area contributed by atoms with Crippen LogP contribution in [0.5, 0.6) is 0 Å². The number of hydrogen-bond acceptors (Lipinski definition) is 6. The minimum atomic E-state index is -3.77. The Balaban J connectivity index is 1.60. The minimum Gasteiger partial charge on any atom is -0.465 e. The lowest BCUT2D eigenvalue weighted by Crippen LogP contribution is -2.18. The van der Waals surface area contributed by atoms with Crippen molar-refractivity contribution in [1.29, 1.82) is 0 Å². The van der Waals surface area contributed by atoms with E-state index in [4.69, 9.17) is 27.9 Å². The van der Waals surface area contributed by atoms with Gasteiger partial charge >= 0.3 is 5.97 Å². The number of anilines is 1. The predicted octanol–water partition coefficient (Wildman–Crippen LogP) is 6.15. The number of fused-ring (bicyclic) bond motifs is 1. The number of ether oxygens (including phenoxy) is 1. The van der Waals surface area contributed by atoms with E-state index in [2.05, 4.69) is 5.32 Å². The van der Waals surface area contributed by atoms with Crippen LogP contribution in [0, 0.1) is 6.92 Å². The number of thioether (sulfide) groups is 1. The van der Waals surface area contributed by atoms with Crippen molar-refractivity contribution in [3.63, 3.8) is 0 Å². The van der Waals surface area contributed by atoms with Gasteiger partial charge in [-0.25, -0.2) is 13.2 Å². The van der Waals surface area contributed by atoms with Gasteiger partial charge in [0.25, 0.3) is 5.91 Å². The van der Waals surface area contributed by atoms with Gasteiger partial charge in [-0.1, -0.05) is 47.1 Å². The SMILES string of the molecule is COC(=O)c1ccc(/C=C2\Sc3ccc(S(=O)(=O)Cc4c(Cl)cccc4Cl)cc3NC2=O)c(C)c1. The van der Waals surface area contributed by atoms with Crippen LogP contribution in [-0.4, -0.2) is 27.4 Å². The normalized spacial score (nSPS) is 14.4. The Labute approximate surface area is 217 Å². The summed E-state index contributed by atoms with van der Waals surface area (Å²) in [6.45, 7) is 1.83. The Kier molecular flexibility index (Phi) is 7.28. The fourth-order valence-corrected chi connectivity index (χ4v) is 6.54. The maximum Gasteiger partial charge on any atom is 0.337 e. The molecule has 0 atom stereocenters. The van der Waals surface area contributed by atoms with Crippen molar-refractivity contribution < 1.29 is 22.7 Å². The summed E-state index contributed by atoms with van der Waals surface area (Å²) < 4.78 is 30.8. The van der Waals surface area contributed by atoms with Gasteiger partial charge in [0.05, 0.1) is 33.9 Å². The molecule has 4 rings (SSSR count). The zero-order chi connectivity index (χ0) is 25.3. The van der Waals surface area contributed by atoms with E-state index in [1.807, 2.05) is 6.92 Å². The molecule has 0 unspecified atom stereocenters. The molecule has 180 valence electrons. The largest absolute Gasteiger partial charge is 0.465 e. The van der Waals surface area contributed by atoms with Crippen molar-refractivity contribution in [2.75, 3.05) is 12.4 Å². The molecule has 0 bridgehead atoms. The molecular weight excluding hydrogens is 529 g/mol. The lowest BCUT2D eigenvalue weighted by Gasteiger charge is -2.20. The Morgan fingerprint density at radius 3 is 2.46 bits per heavy atom. The van der Waals surface area contributed by atoms with E-state index >= 15 is 0 Å². The first kappa shape index (κ1) is 25.3. The lowest BCUT2D eigenvalue weighted by molar-refractivity contribution is -0.112. The highest BCUT2D eigenvalue weighted by atomic mass is 35.5. The molecule has 6 nitrogen and oxygen atoms in total. The maximum atomic E-state index is 13.0. The van der Waals surface area contributed by atoms with Crippen molar-refractivity contribution in [2.45, 2.75) is 22.5 Å². The lowest BCUT2D eigenvalue weighted by atomic mass is 10.0. The van der Waals surface area contributed by atoms with Gasteiger partial charge in [0.15, 0.2) is 9.84 Å². The van der Waals surface area contributed by atoms with Crippen LogP contribution in [0.25, 0.3) is 6.08 Å². The number of rotatable bonds is 5. The van der Waals surface area contributed by atoms with Gasteiger partial charge in [0.1, 0.15) is 0 Å². The van der Waals surface area contributed by atoms with Gasteiger partial charge in [0, 0.05) is 20.5 Å². The molecule has 1 N–H and O–H groups in total. The molecule has 3 aromatic carbocycles. The van der Waals surface area contributed by atoms with E-state index in [0.717, 1.165) is 11.1 Å². The first-order valence-corrected chi connectivity index (χ1v) is 13.5. The zero-order valence-electron chi connectivity index (χ0n) is 18.6. The van der Waals surface area contributed by atoms with E-state index in [-0.39, 0.29) is 26.6 Å². The highest BCUT2D eigenvalue weighted by Gasteiger charge is 2.25. The van der Waals surface area contributed by atoms with E-state index in [1.54, 1.807) is 48.5 Å². The van der Waals surface area contributed by atoms with Crippen molar-refractivity contribution in [1.82, 2.24) is 0 Å². The molecule has 0 saturated carbocycles. The fraction of sp³-hybridized carbons (Fsp3) is 0.120. The van der Waals surface area contributed by atoms with Crippen LogP contribution in [-0.2, 0) is 25.1 Å². The number of hydrogen-bond donors (Lipinski definition) is 1. The second kappa shape index (κ2) is 10.1. The van der Waals surface area contributed by atoms with Gasteiger partial charge in [-0.15, -0.1) is 0 Å². The fourth-order valence-electron chi connectivity index (χ4n) is 3.50. The molecule has 0 fully saturated rings. The van der Waals surface area contributed by atoms with Gasteiger partial charge < -0.3 is 10.1 Å². The second-order valence-corrected chi connectivity index (χ2v) is 11.6. The molecule has 3 aromatic rings. The first-order chi connectivity index (χ1) is 16.6. The average Bonchev–Trinajstić information content (AvgIpc) is 2.82. The molecule has 0 aromatic heterocycles. The number of esters is 1. The third-order valence-corrected chi connectivity index (χ3v) is 8.82. The first-order valence-electron chi connectivity index (χ1n) is 10.3. The number of sulfone groups is 1. The van der Waals surface area contributed by atoms with Gasteiger partial charge in [-0.2, -0.15) is 0 Å². The van der Waals surface area contributed by atoms with Crippen LogP contribution in [0.4, 0.5) is 5.69 Å². The Bertz CT molecular complexity index is 1480. The smallest absolute Gasteiger partial charge is 0.337 e. The van der Waals surface area contributed by atoms with E-state index in [0.29, 0.717) is 26.6 Å². The standard InChI is InChI=1S/C25H19Cl2NO5S2/c1-14-10-16(25(30)33-2)7-6-15(14)11-23-24(29)28-21-12-17(8-9-22(21)34-23)35(31,32)13-18-19(26)4-3-5-20(18)27/h3-12H,13H2,1-2H3,(H,28,29)/b23-11-. The van der Waals surface area contributed by atoms with E-state index < -0.39 is 15.8 Å². The van der Waals surface area contributed by atoms with Gasteiger partial charge in [-0.05, 0) is 66.6 Å². The molecular formula is C25H19Cl2NO5S2. The molecule has 0 aliphatic carbocycles. The van der Waals surface area contributed by atoms with Crippen molar-refractivity contribution in [2.24, 2.45) is 0 Å². The highest BCUT2D eigenvalue weighted by Crippen LogP contribution is 2.40. The molecule has 10 heteroatoms. The van der Waals surface area contributed by atoms with E-state index in [9.17, 15) is 18.0 Å². The molecule has 0 saturated heterocycles. The van der Waals surface area contributed by atoms with Crippen molar-refractivity contribution in [3.05, 3.63) is 91.8 Å². The summed E-state index contributed by atoms with van der Waals surface area (Å²) >= 11 is 13.5. The molecule has 35 heavy (non-hydrogen) atoms. The molecule has 1 heterocycles. The Hall–Kier alpha value is -2.78. The van der Waals surface area contributed by atoms with Crippen molar-refractivity contribution >= 4 is 68.4 Å². The number of nitrogens with one attached hydrogen (secondary N) is 1. The van der Waals surface area contributed by atoms with Crippen LogP contribution in [0.2, 0.25) is 10.0 Å². The summed E-state index contributed by atoms with van der Waals surface area (Å²) in [6.07, 6.45) is 1.73. The number of carbonyl (C=O) groups excluding carboxylic acids is 2. The molecule has 0 spiro atoms. The summed E-state index contributed by atoms with van der Waals surface area (Å²) in [5, 5.41) is 3.31. The quantitative estimate of drug-likeness (QED) is 0.304. The summed E-state index contributed by atoms with van der Waals surface area (Å²) in [4.78, 5) is 25.7. The van der Waals surface area contributed by atoms with Gasteiger partial charge in [0.2, 0.25) is 0 Å². The van der Waals surface area contributed by atoms with E-state index in [1.165, 1.54) is 31.0 Å². The van der Waals surface area contributed by atoms with Crippen LogP contribution in [0.15, 0.2) is 69.3 Å². The highest BCUT2D eigenvalue weighted by molar-refractivity contribution is 8.04. The monoisotopic (exact) mass is 547 g/mol. The minimum absolute atomic E-state index is 0.0507. The third kappa shape index (κ3) is 5.41. The summed E-state index contributed by atoms with van der Waals surface area (Å²) in [6, 6.07) is 14.5. The Morgan fingerprint density at radius 1 is 1.09 bits per heavy atom.